The van der Waals surface area contributed by atoms with Crippen LogP contribution in [0.2, 0.25) is 0 Å². The van der Waals surface area contributed by atoms with Gasteiger partial charge in [0.1, 0.15) is 29.9 Å². The number of thiazole rings is 2. The van der Waals surface area contributed by atoms with Gasteiger partial charge in [-0.25, -0.2) is 9.78 Å². The molecule has 0 bridgehead atoms. The summed E-state index contributed by atoms with van der Waals surface area (Å²) in [6.07, 6.45) is 0. The van der Waals surface area contributed by atoms with Crippen molar-refractivity contribution >= 4 is 63.1 Å². The SMILES string of the molecule is CO/N=C(\C(=O)N[C@@H]1C(=O)N2C(C(=O)O)=C(C[n+]3cscc3C)CS[C@H]12)c1csc(N)n1. The van der Waals surface area contributed by atoms with Crippen LogP contribution in [0, 0.1) is 6.92 Å². The largest absolute Gasteiger partial charge is 0.477 e. The third-order valence-corrected chi connectivity index (χ3v) is 7.81. The van der Waals surface area contributed by atoms with Gasteiger partial charge in [0, 0.05) is 23.6 Å². The summed E-state index contributed by atoms with van der Waals surface area (Å²) in [5, 5.41) is 19.4. The Hall–Kier alpha value is -2.97. The topological polar surface area (TPSA) is 151 Å². The molecule has 2 aromatic rings. The number of β-lactam (4-membered cyclic amide) rings is 1. The molecule has 0 spiro atoms. The van der Waals surface area contributed by atoms with Gasteiger partial charge in [-0.1, -0.05) is 16.5 Å². The quantitative estimate of drug-likeness (QED) is 0.213. The number of nitrogens with two attached hydrogens (primary N) is 1. The van der Waals surface area contributed by atoms with Crippen LogP contribution in [0.25, 0.3) is 0 Å². The number of carbonyl (C=O) groups is 3. The van der Waals surface area contributed by atoms with Gasteiger partial charge >= 0.3 is 5.97 Å². The van der Waals surface area contributed by atoms with Gasteiger partial charge in [-0.3, -0.25) is 14.5 Å². The minimum atomic E-state index is -1.17. The number of aromatic nitrogens is 2. The van der Waals surface area contributed by atoms with Gasteiger partial charge in [0.05, 0.1) is 5.38 Å². The van der Waals surface area contributed by atoms with Crippen molar-refractivity contribution in [3.63, 3.8) is 0 Å². The van der Waals surface area contributed by atoms with Gasteiger partial charge in [-0.05, 0) is 0 Å². The number of aliphatic carboxylic acids is 1. The molecule has 4 rings (SSSR count). The molecule has 0 unspecified atom stereocenters. The van der Waals surface area contributed by atoms with Gasteiger partial charge in [-0.15, -0.1) is 23.1 Å². The zero-order valence-electron chi connectivity index (χ0n) is 17.0. The Labute approximate surface area is 194 Å². The molecule has 2 aliphatic rings. The van der Waals surface area contributed by atoms with E-state index < -0.39 is 29.2 Å². The Balaban J connectivity index is 1.54. The summed E-state index contributed by atoms with van der Waals surface area (Å²) in [4.78, 5) is 47.7. The Morgan fingerprint density at radius 3 is 2.84 bits per heavy atom. The molecule has 2 atom stereocenters. The smallest absolute Gasteiger partial charge is 0.352 e. The first-order chi connectivity index (χ1) is 15.3. The highest BCUT2D eigenvalue weighted by atomic mass is 32.2. The minimum Gasteiger partial charge on any atom is -0.477 e. The van der Waals surface area contributed by atoms with E-state index >= 15 is 0 Å². The predicted octanol–water partition coefficient (Wildman–Crippen LogP) is 0.172. The predicted molar refractivity (Wildman–Crippen MR) is 119 cm³/mol. The highest BCUT2D eigenvalue weighted by Gasteiger charge is 2.54. The summed E-state index contributed by atoms with van der Waals surface area (Å²) < 4.78 is 1.94. The fourth-order valence-corrected chi connectivity index (χ4v) is 6.09. The number of nitrogens with zero attached hydrogens (tertiary/aromatic N) is 4. The Kier molecular flexibility index (Phi) is 6.17. The van der Waals surface area contributed by atoms with Crippen LogP contribution in [0.3, 0.4) is 0 Å². The number of thioether (sulfide) groups is 1. The Bertz CT molecular complexity index is 1160. The van der Waals surface area contributed by atoms with Crippen molar-refractivity contribution in [2.24, 2.45) is 5.16 Å². The van der Waals surface area contributed by atoms with Crippen LogP contribution < -0.4 is 15.6 Å². The number of nitrogens with one attached hydrogen (secondary N) is 1. The summed E-state index contributed by atoms with van der Waals surface area (Å²) in [6.45, 7) is 2.32. The fourth-order valence-electron chi connectivity index (χ4n) is 3.43. The highest BCUT2D eigenvalue weighted by Crippen LogP contribution is 2.40. The second-order valence-electron chi connectivity index (χ2n) is 6.94. The maximum Gasteiger partial charge on any atom is 0.352 e. The maximum atomic E-state index is 12.9. The van der Waals surface area contributed by atoms with Crippen molar-refractivity contribution < 1.29 is 28.9 Å². The number of fused-ring (bicyclic) bond motifs is 1. The number of carboxylic acids is 1. The van der Waals surface area contributed by atoms with Crippen LogP contribution in [0.15, 0.2) is 32.7 Å². The van der Waals surface area contributed by atoms with Crippen LogP contribution in [-0.4, -0.2) is 62.8 Å². The van der Waals surface area contributed by atoms with E-state index in [0.29, 0.717) is 17.9 Å². The second kappa shape index (κ2) is 8.88. The van der Waals surface area contributed by atoms with E-state index in [2.05, 4.69) is 15.5 Å². The first kappa shape index (κ1) is 22.2. The number of nitrogen functional groups attached to an aromatic ring is 1. The summed E-state index contributed by atoms with van der Waals surface area (Å²) >= 11 is 4.06. The summed E-state index contributed by atoms with van der Waals surface area (Å²) in [7, 11) is 1.29. The molecule has 32 heavy (non-hydrogen) atoms. The van der Waals surface area contributed by atoms with E-state index in [1.54, 1.807) is 5.38 Å². The van der Waals surface area contributed by atoms with Gasteiger partial charge in [0.25, 0.3) is 11.8 Å². The number of hydrogen-bond donors (Lipinski definition) is 3. The molecule has 0 radical (unpaired) electrons. The lowest BCUT2D eigenvalue weighted by Crippen LogP contribution is -2.71. The standard InChI is InChI=1S/C18H18N6O5S3/c1-8-4-30-7-23(8)3-9-5-31-16-12(15(26)24(16)13(9)17(27)28)21-14(25)11(22-29-2)10-6-32-18(19)20-10/h4,6-7,12,16H,3,5H2,1-2H3,(H3-,19,20,21,25,27,28)/p+1/b22-11-/t12-,16-/m1/s1. The Morgan fingerprint density at radius 2 is 2.25 bits per heavy atom. The monoisotopic (exact) mass is 495 g/mol. The molecule has 0 aliphatic carbocycles. The van der Waals surface area contributed by atoms with Crippen molar-refractivity contribution in [3.05, 3.63) is 38.9 Å². The van der Waals surface area contributed by atoms with E-state index in [1.807, 2.05) is 22.4 Å². The molecule has 0 saturated carbocycles. The lowest BCUT2D eigenvalue weighted by Gasteiger charge is -2.49. The molecule has 11 nitrogen and oxygen atoms in total. The van der Waals surface area contributed by atoms with Crippen molar-refractivity contribution in [2.75, 3.05) is 18.6 Å². The molecular weight excluding hydrogens is 476 g/mol. The lowest BCUT2D eigenvalue weighted by molar-refractivity contribution is -0.690. The van der Waals surface area contributed by atoms with E-state index in [-0.39, 0.29) is 22.2 Å². The molecule has 14 heteroatoms. The molecule has 4 N–H and O–H groups in total. The minimum absolute atomic E-state index is 0.0274. The third kappa shape index (κ3) is 3.96. The van der Waals surface area contributed by atoms with E-state index in [1.165, 1.54) is 35.1 Å². The number of hydrogen-bond acceptors (Lipinski definition) is 10. The molecule has 1 fully saturated rings. The van der Waals surface area contributed by atoms with E-state index in [9.17, 15) is 19.5 Å². The highest BCUT2D eigenvalue weighted by molar-refractivity contribution is 8.00. The molecule has 2 amide bonds. The van der Waals surface area contributed by atoms with Crippen molar-refractivity contribution in [1.29, 1.82) is 0 Å². The first-order valence-corrected chi connectivity index (χ1v) is 12.1. The van der Waals surface area contributed by atoms with Crippen LogP contribution in [-0.2, 0) is 25.8 Å². The van der Waals surface area contributed by atoms with Gasteiger partial charge < -0.3 is 21.0 Å². The molecule has 2 aromatic heterocycles. The zero-order chi connectivity index (χ0) is 23.0. The number of anilines is 1. The lowest BCUT2D eigenvalue weighted by atomic mass is 10.0. The normalized spacial score (nSPS) is 20.6. The van der Waals surface area contributed by atoms with Crippen molar-refractivity contribution in [1.82, 2.24) is 15.2 Å². The van der Waals surface area contributed by atoms with Gasteiger partial charge in [0.15, 0.2) is 23.1 Å². The van der Waals surface area contributed by atoms with Crippen LogP contribution in [0.1, 0.15) is 11.4 Å². The number of amides is 2. The Morgan fingerprint density at radius 1 is 1.47 bits per heavy atom. The van der Waals surface area contributed by atoms with Crippen LogP contribution in [0.4, 0.5) is 5.13 Å². The fraction of sp³-hybridized carbons (Fsp3) is 0.333. The molecular formula is C18H19N6O5S3+. The maximum absolute atomic E-state index is 12.9. The molecule has 0 aromatic carbocycles. The first-order valence-electron chi connectivity index (χ1n) is 9.27. The third-order valence-electron chi connectivity index (χ3n) is 4.94. The second-order valence-corrected chi connectivity index (χ2v) is 9.65. The number of oxime groups is 1. The van der Waals surface area contributed by atoms with Crippen LogP contribution in [0.5, 0.6) is 0 Å². The number of carboxylic acid groups (broad SMARTS) is 1. The average molecular weight is 496 g/mol. The summed E-state index contributed by atoms with van der Waals surface area (Å²) in [6, 6.07) is -0.892. The number of carbonyl (C=O) groups excluding carboxylic acids is 2. The molecule has 2 aliphatic heterocycles. The van der Waals surface area contributed by atoms with Crippen molar-refractivity contribution in [2.45, 2.75) is 24.9 Å². The molecule has 4 heterocycles. The van der Waals surface area contributed by atoms with E-state index in [4.69, 9.17) is 10.6 Å². The van der Waals surface area contributed by atoms with Crippen molar-refractivity contribution in [3.8, 4) is 0 Å². The van der Waals surface area contributed by atoms with Crippen LogP contribution >= 0.6 is 34.4 Å². The van der Waals surface area contributed by atoms with Gasteiger partial charge in [-0.2, -0.15) is 4.57 Å². The zero-order valence-corrected chi connectivity index (χ0v) is 19.4. The summed E-state index contributed by atoms with van der Waals surface area (Å²) in [5.41, 5.74) is 9.26. The number of aryl methyl sites for hydroxylation is 1. The average Bonchev–Trinajstić information content (AvgIpc) is 3.37. The number of rotatable bonds is 7. The molecule has 168 valence electrons. The summed E-state index contributed by atoms with van der Waals surface area (Å²) in [5.74, 6) is -1.90. The van der Waals surface area contributed by atoms with E-state index in [0.717, 1.165) is 17.0 Å². The van der Waals surface area contributed by atoms with Gasteiger partial charge in [0.2, 0.25) is 5.51 Å². The molecule has 1 saturated heterocycles.